The van der Waals surface area contributed by atoms with Crippen LogP contribution >= 0.6 is 0 Å². The highest BCUT2D eigenvalue weighted by Crippen LogP contribution is 2.17. The summed E-state index contributed by atoms with van der Waals surface area (Å²) in [4.78, 5) is 11.5. The van der Waals surface area contributed by atoms with Crippen LogP contribution in [0.25, 0.3) is 0 Å². The van der Waals surface area contributed by atoms with Gasteiger partial charge in [-0.1, -0.05) is 19.9 Å². The number of rotatable bonds is 8. The maximum absolute atomic E-state index is 11.5. The lowest BCUT2D eigenvalue weighted by Gasteiger charge is -2.10. The van der Waals surface area contributed by atoms with Crippen molar-refractivity contribution in [1.29, 1.82) is 0 Å². The summed E-state index contributed by atoms with van der Waals surface area (Å²) in [6.45, 7) is 5.61. The molecule has 0 aliphatic rings. The molecule has 0 radical (unpaired) electrons. The van der Waals surface area contributed by atoms with Gasteiger partial charge in [0, 0.05) is 18.3 Å². The van der Waals surface area contributed by atoms with E-state index in [2.05, 4.69) is 19.2 Å². The Morgan fingerprint density at radius 1 is 1.42 bits per heavy atom. The fraction of sp³-hybridized carbons (Fsp3) is 0.500. The molecule has 1 aromatic carbocycles. The lowest BCUT2D eigenvalue weighted by molar-refractivity contribution is -0.120. The molecule has 1 amide bonds. The topological polar surface area (TPSA) is 73.6 Å². The van der Waals surface area contributed by atoms with E-state index < -0.39 is 0 Å². The normalized spacial score (nSPS) is 10.5. The van der Waals surface area contributed by atoms with Crippen LogP contribution in [-0.4, -0.2) is 32.3 Å². The third kappa shape index (κ3) is 6.79. The first kappa shape index (κ1) is 15.5. The van der Waals surface area contributed by atoms with Crippen molar-refractivity contribution in [3.8, 4) is 5.75 Å². The van der Waals surface area contributed by atoms with Crippen molar-refractivity contribution in [1.82, 2.24) is 0 Å². The highest BCUT2D eigenvalue weighted by atomic mass is 16.5. The first-order chi connectivity index (χ1) is 9.11. The predicted molar refractivity (Wildman–Crippen MR) is 75.3 cm³/mol. The van der Waals surface area contributed by atoms with E-state index in [4.69, 9.17) is 15.2 Å². The van der Waals surface area contributed by atoms with Crippen molar-refractivity contribution in [3.05, 3.63) is 24.3 Å². The lowest BCUT2D eigenvalue weighted by atomic mass is 10.2. The van der Waals surface area contributed by atoms with Gasteiger partial charge in [-0.3, -0.25) is 4.79 Å². The van der Waals surface area contributed by atoms with Crippen LogP contribution < -0.4 is 15.8 Å². The number of benzene rings is 1. The molecular formula is C14H22N2O3. The van der Waals surface area contributed by atoms with Gasteiger partial charge >= 0.3 is 0 Å². The van der Waals surface area contributed by atoms with E-state index in [9.17, 15) is 4.79 Å². The Kier molecular flexibility index (Phi) is 6.92. The van der Waals surface area contributed by atoms with Crippen molar-refractivity contribution in [2.45, 2.75) is 13.8 Å². The van der Waals surface area contributed by atoms with Crippen molar-refractivity contribution >= 4 is 11.6 Å². The zero-order chi connectivity index (χ0) is 14.1. The summed E-state index contributed by atoms with van der Waals surface area (Å²) in [6.07, 6.45) is 0. The number of nitrogens with one attached hydrogen (secondary N) is 1. The van der Waals surface area contributed by atoms with E-state index in [0.29, 0.717) is 31.4 Å². The molecule has 0 fully saturated rings. The molecule has 0 bridgehead atoms. The van der Waals surface area contributed by atoms with E-state index >= 15 is 0 Å². The number of carbonyl (C=O) groups excluding carboxylic acids is 1. The smallest absolute Gasteiger partial charge is 0.250 e. The predicted octanol–water partition coefficient (Wildman–Crippen LogP) is 1.64. The average molecular weight is 266 g/mol. The lowest BCUT2D eigenvalue weighted by Crippen LogP contribution is -2.20. The molecule has 0 spiro atoms. The minimum atomic E-state index is -0.200. The van der Waals surface area contributed by atoms with Gasteiger partial charge < -0.3 is 20.5 Å². The van der Waals surface area contributed by atoms with Crippen molar-refractivity contribution in [3.63, 3.8) is 0 Å². The number of carbonyl (C=O) groups is 1. The Morgan fingerprint density at radius 3 is 2.89 bits per heavy atom. The molecule has 5 heteroatoms. The van der Waals surface area contributed by atoms with Gasteiger partial charge in [-0.05, 0) is 18.1 Å². The summed E-state index contributed by atoms with van der Waals surface area (Å²) in [7, 11) is 0. The first-order valence-corrected chi connectivity index (χ1v) is 6.42. The van der Waals surface area contributed by atoms with Gasteiger partial charge in [0.15, 0.2) is 0 Å². The van der Waals surface area contributed by atoms with Gasteiger partial charge in [0.1, 0.15) is 12.4 Å². The zero-order valence-electron chi connectivity index (χ0n) is 11.5. The average Bonchev–Trinajstić information content (AvgIpc) is 2.37. The molecule has 0 saturated heterocycles. The molecule has 5 nitrogen and oxygen atoms in total. The molecule has 0 saturated carbocycles. The van der Waals surface area contributed by atoms with Crippen molar-refractivity contribution in [2.24, 2.45) is 11.7 Å². The van der Waals surface area contributed by atoms with Gasteiger partial charge in [-0.15, -0.1) is 0 Å². The van der Waals surface area contributed by atoms with E-state index in [-0.39, 0.29) is 12.5 Å². The van der Waals surface area contributed by atoms with E-state index in [1.165, 1.54) is 0 Å². The quantitative estimate of drug-likeness (QED) is 0.701. The van der Waals surface area contributed by atoms with Gasteiger partial charge in [0.25, 0.3) is 0 Å². The maximum atomic E-state index is 11.5. The monoisotopic (exact) mass is 266 g/mol. The summed E-state index contributed by atoms with van der Waals surface area (Å²) in [5.74, 6) is 1.01. The highest BCUT2D eigenvalue weighted by molar-refractivity contribution is 5.91. The number of hydrogen-bond acceptors (Lipinski definition) is 4. The second-order valence-electron chi connectivity index (χ2n) is 4.62. The van der Waals surface area contributed by atoms with Gasteiger partial charge in [-0.2, -0.15) is 0 Å². The van der Waals surface area contributed by atoms with Gasteiger partial charge in [0.05, 0.1) is 13.2 Å². The molecule has 19 heavy (non-hydrogen) atoms. The molecule has 3 N–H and O–H groups in total. The Bertz CT molecular complexity index is 394. The van der Waals surface area contributed by atoms with Crippen LogP contribution in [0.15, 0.2) is 24.3 Å². The minimum Gasteiger partial charge on any atom is -0.493 e. The number of amides is 1. The molecule has 0 unspecified atom stereocenters. The van der Waals surface area contributed by atoms with Crippen LogP contribution in [0.2, 0.25) is 0 Å². The molecule has 1 rings (SSSR count). The number of ether oxygens (including phenoxy) is 2. The van der Waals surface area contributed by atoms with Crippen LogP contribution in [0.1, 0.15) is 13.8 Å². The van der Waals surface area contributed by atoms with Crippen LogP contribution in [0.5, 0.6) is 5.75 Å². The molecule has 0 aliphatic heterocycles. The number of nitrogens with two attached hydrogens (primary N) is 1. The van der Waals surface area contributed by atoms with Crippen LogP contribution in [-0.2, 0) is 9.53 Å². The minimum absolute atomic E-state index is 0.00821. The Labute approximate surface area is 114 Å². The summed E-state index contributed by atoms with van der Waals surface area (Å²) >= 11 is 0. The molecular weight excluding hydrogens is 244 g/mol. The number of hydrogen-bond donors (Lipinski definition) is 2. The summed E-state index contributed by atoms with van der Waals surface area (Å²) < 4.78 is 10.6. The van der Waals surface area contributed by atoms with Crippen LogP contribution in [0.4, 0.5) is 5.69 Å². The maximum Gasteiger partial charge on any atom is 0.250 e. The first-order valence-electron chi connectivity index (χ1n) is 6.42. The van der Waals surface area contributed by atoms with Gasteiger partial charge in [0.2, 0.25) is 5.91 Å². The molecule has 0 heterocycles. The van der Waals surface area contributed by atoms with Crippen molar-refractivity contribution in [2.75, 3.05) is 31.7 Å². The van der Waals surface area contributed by atoms with Crippen LogP contribution in [0, 0.1) is 5.92 Å². The van der Waals surface area contributed by atoms with Crippen molar-refractivity contribution < 1.29 is 14.3 Å². The standard InChI is InChI=1S/C14H22N2O3/c1-11(2)9-19-13-5-3-4-12(8-13)16-14(17)10-18-7-6-15/h3-5,8,11H,6-7,9-10,15H2,1-2H3,(H,16,17). The van der Waals surface area contributed by atoms with E-state index in [0.717, 1.165) is 5.75 Å². The third-order valence-corrected chi connectivity index (χ3v) is 2.20. The molecule has 0 aromatic heterocycles. The summed E-state index contributed by atoms with van der Waals surface area (Å²) in [6, 6.07) is 7.31. The molecule has 0 atom stereocenters. The molecule has 0 aliphatic carbocycles. The van der Waals surface area contributed by atoms with Crippen LogP contribution in [0.3, 0.4) is 0 Å². The highest BCUT2D eigenvalue weighted by Gasteiger charge is 2.04. The van der Waals surface area contributed by atoms with E-state index in [1.807, 2.05) is 18.2 Å². The second kappa shape index (κ2) is 8.50. The van der Waals surface area contributed by atoms with E-state index in [1.54, 1.807) is 6.07 Å². The fourth-order valence-corrected chi connectivity index (χ4v) is 1.37. The number of anilines is 1. The fourth-order valence-electron chi connectivity index (χ4n) is 1.37. The Morgan fingerprint density at radius 2 is 2.21 bits per heavy atom. The van der Waals surface area contributed by atoms with Gasteiger partial charge in [-0.25, -0.2) is 0 Å². The SMILES string of the molecule is CC(C)COc1cccc(NC(=O)COCCN)c1. The third-order valence-electron chi connectivity index (χ3n) is 2.20. The summed E-state index contributed by atoms with van der Waals surface area (Å²) in [5, 5.41) is 2.74. The molecule has 1 aromatic rings. The second-order valence-corrected chi connectivity index (χ2v) is 4.62. The summed E-state index contributed by atoms with van der Waals surface area (Å²) in [5.41, 5.74) is 5.97. The largest absolute Gasteiger partial charge is 0.493 e. The Balaban J connectivity index is 2.45. The molecule has 106 valence electrons. The Hall–Kier alpha value is -1.59. The zero-order valence-corrected chi connectivity index (χ0v) is 11.5.